The molecule has 0 aromatic heterocycles. The molecule has 10 N–H and O–H groups in total. The molecule has 3 saturated carbocycles. The molecule has 0 radical (unpaired) electrons. The highest BCUT2D eigenvalue weighted by molar-refractivity contribution is 5.92. The molecule has 62 heavy (non-hydrogen) atoms. The Labute approximate surface area is 362 Å². The Bertz CT molecular complexity index is 1610. The summed E-state index contributed by atoms with van der Waals surface area (Å²) >= 11 is 0. The molecule has 24 unspecified atom stereocenters. The Hall–Kier alpha value is -1.56. The van der Waals surface area contributed by atoms with Gasteiger partial charge < -0.3 is 79.5 Å². The molecule has 18 nitrogen and oxygen atoms in total. The number of rotatable bonds is 13. The fourth-order valence-corrected chi connectivity index (χ4v) is 12.3. The lowest BCUT2D eigenvalue weighted by Gasteiger charge is -2.58. The van der Waals surface area contributed by atoms with Gasteiger partial charge in [0.15, 0.2) is 25.2 Å². The number of fused-ring (bicyclic) bond motifs is 5. The van der Waals surface area contributed by atoms with Crippen molar-refractivity contribution < 1.29 is 89.1 Å². The second kappa shape index (κ2) is 19.0. The number of aliphatic hydroxyl groups excluding tert-OH is 10. The van der Waals surface area contributed by atoms with Crippen LogP contribution in [0.15, 0.2) is 11.6 Å². The van der Waals surface area contributed by atoms with E-state index in [-0.39, 0.29) is 58.6 Å². The molecule has 6 fully saturated rings. The minimum atomic E-state index is -1.97. The van der Waals surface area contributed by atoms with Gasteiger partial charge in [-0.25, -0.2) is 0 Å². The summed E-state index contributed by atoms with van der Waals surface area (Å²) in [6.07, 6.45) is -17.2. The van der Waals surface area contributed by atoms with Crippen LogP contribution in [0.4, 0.5) is 0 Å². The Balaban J connectivity index is 1.08. The Kier molecular flexibility index (Phi) is 14.8. The van der Waals surface area contributed by atoms with E-state index in [1.165, 1.54) is 12.5 Å². The van der Waals surface area contributed by atoms with E-state index in [1.807, 2.05) is 13.8 Å². The number of Topliss-reactive ketones (excluding diaryl/α,β-unsaturated/α-hetero) is 2. The van der Waals surface area contributed by atoms with E-state index < -0.39 is 105 Å². The first kappa shape index (κ1) is 48.4. The number of allylic oxidation sites excluding steroid dienone is 1. The molecular weight excluding hydrogens is 816 g/mol. The molecule has 24 atom stereocenters. The van der Waals surface area contributed by atoms with Gasteiger partial charge in [0.2, 0.25) is 0 Å². The fraction of sp³-hybridized carbons (Fsp3) is 0.909. The Morgan fingerprint density at radius 2 is 1.44 bits per heavy atom. The second-order valence-electron chi connectivity index (χ2n) is 20.0. The number of carbonyl (C=O) groups is 2. The van der Waals surface area contributed by atoms with E-state index in [1.54, 1.807) is 0 Å². The van der Waals surface area contributed by atoms with Crippen LogP contribution in [0.3, 0.4) is 0 Å². The summed E-state index contributed by atoms with van der Waals surface area (Å²) in [6.45, 7) is 9.05. The molecule has 18 heteroatoms. The molecule has 3 heterocycles. The zero-order valence-electron chi connectivity index (χ0n) is 36.3. The van der Waals surface area contributed by atoms with Crippen LogP contribution >= 0.6 is 0 Å². The average Bonchev–Trinajstić information content (AvgIpc) is 3.52. The third-order valence-corrected chi connectivity index (χ3v) is 16.2. The van der Waals surface area contributed by atoms with Crippen LogP contribution in [0.25, 0.3) is 0 Å². The fourth-order valence-electron chi connectivity index (χ4n) is 12.3. The highest BCUT2D eigenvalue weighted by atomic mass is 16.8. The summed E-state index contributed by atoms with van der Waals surface area (Å²) in [6, 6.07) is 0. The van der Waals surface area contributed by atoms with Crippen molar-refractivity contribution in [3.63, 3.8) is 0 Å². The number of carbonyl (C=O) groups excluding carboxylic acids is 2. The predicted octanol–water partition coefficient (Wildman–Crippen LogP) is -0.823. The maximum atomic E-state index is 13.8. The standard InChI is InChI=1S/C44H70O18/c1-18(16-45)6-9-26(47)19(2)29-27(48)15-25-23-8-7-21-14-22(10-12-43(21,4)24(23)11-13-44(25,29)5)58-42-38(61-41-35(54)32(51)33(52)39(56)62-41)36(55)37(28(17-46)59-42)60-40-34(53)31(50)30(49)20(3)57-40/h7,18-20,22-25,28-42,45-46,49-56H,6,8-17H2,1-5H3. The monoisotopic (exact) mass is 886 g/mol. The molecule has 0 spiro atoms. The first-order valence-electron chi connectivity index (χ1n) is 22.6. The molecule has 0 bridgehead atoms. The van der Waals surface area contributed by atoms with Crippen molar-refractivity contribution >= 4 is 11.6 Å². The van der Waals surface area contributed by atoms with Crippen molar-refractivity contribution in [1.82, 2.24) is 0 Å². The van der Waals surface area contributed by atoms with Crippen molar-refractivity contribution in [2.75, 3.05) is 13.2 Å². The molecule has 0 amide bonds. The van der Waals surface area contributed by atoms with Gasteiger partial charge in [-0.3, -0.25) is 9.59 Å². The van der Waals surface area contributed by atoms with Gasteiger partial charge in [0.05, 0.1) is 18.8 Å². The number of aliphatic hydroxyl groups is 10. The van der Waals surface area contributed by atoms with Crippen LogP contribution in [0.1, 0.15) is 92.4 Å². The predicted molar refractivity (Wildman–Crippen MR) is 213 cm³/mol. The van der Waals surface area contributed by atoms with Crippen LogP contribution in [-0.2, 0) is 38.0 Å². The van der Waals surface area contributed by atoms with Crippen molar-refractivity contribution in [2.24, 2.45) is 46.3 Å². The van der Waals surface area contributed by atoms with Crippen LogP contribution in [0.5, 0.6) is 0 Å². The smallest absolute Gasteiger partial charge is 0.189 e. The molecule has 3 saturated heterocycles. The summed E-state index contributed by atoms with van der Waals surface area (Å²) in [5.41, 5.74) is 0.697. The van der Waals surface area contributed by atoms with Gasteiger partial charge in [-0.1, -0.05) is 39.3 Å². The third-order valence-electron chi connectivity index (χ3n) is 16.2. The summed E-state index contributed by atoms with van der Waals surface area (Å²) in [5, 5.41) is 105. The maximum Gasteiger partial charge on any atom is 0.189 e. The molecule has 7 aliphatic rings. The lowest BCUT2D eigenvalue weighted by atomic mass is 9.47. The van der Waals surface area contributed by atoms with Gasteiger partial charge in [0.1, 0.15) is 72.6 Å². The molecule has 7 rings (SSSR count). The third kappa shape index (κ3) is 8.75. The molecule has 0 aromatic rings. The zero-order chi connectivity index (χ0) is 45.2. The lowest BCUT2D eigenvalue weighted by Crippen LogP contribution is -2.66. The Morgan fingerprint density at radius 3 is 2.11 bits per heavy atom. The first-order valence-corrected chi connectivity index (χ1v) is 22.6. The minimum absolute atomic E-state index is 0.0222. The van der Waals surface area contributed by atoms with Crippen LogP contribution in [0, 0.1) is 46.3 Å². The summed E-state index contributed by atoms with van der Waals surface area (Å²) < 4.78 is 35.5. The van der Waals surface area contributed by atoms with E-state index in [4.69, 9.17) is 28.4 Å². The van der Waals surface area contributed by atoms with Crippen LogP contribution < -0.4 is 0 Å². The van der Waals surface area contributed by atoms with Gasteiger partial charge in [0.25, 0.3) is 0 Å². The van der Waals surface area contributed by atoms with Gasteiger partial charge in [-0.15, -0.1) is 0 Å². The number of hydrogen-bond donors (Lipinski definition) is 10. The zero-order valence-corrected chi connectivity index (χ0v) is 36.3. The topological polar surface area (TPSA) is 292 Å². The minimum Gasteiger partial charge on any atom is -0.396 e. The van der Waals surface area contributed by atoms with Crippen molar-refractivity contribution in [3.8, 4) is 0 Å². The van der Waals surface area contributed by atoms with Crippen molar-refractivity contribution in [3.05, 3.63) is 11.6 Å². The number of ketones is 2. The van der Waals surface area contributed by atoms with E-state index in [0.29, 0.717) is 38.0 Å². The molecule has 354 valence electrons. The first-order chi connectivity index (χ1) is 29.2. The van der Waals surface area contributed by atoms with Gasteiger partial charge in [-0.05, 0) is 86.4 Å². The second-order valence-corrected chi connectivity index (χ2v) is 20.0. The average molecular weight is 887 g/mol. The SMILES string of the molecule is CC(CO)CCC(=O)C(C)C1C(=O)CC2C3CC=C4CC(OC5OC(CO)C(OC6OC(C)C(O)C(O)C6O)C(O)C5OC5OC(O)C(O)C(O)C5O)CCC4(C)C3CCC21C. The molecule has 0 aromatic carbocycles. The number of hydrogen-bond acceptors (Lipinski definition) is 18. The summed E-state index contributed by atoms with van der Waals surface area (Å²) in [7, 11) is 0. The largest absolute Gasteiger partial charge is 0.396 e. The van der Waals surface area contributed by atoms with Crippen molar-refractivity contribution in [1.29, 1.82) is 0 Å². The van der Waals surface area contributed by atoms with E-state index >= 15 is 0 Å². The molecular formula is C44H70O18. The lowest BCUT2D eigenvalue weighted by molar-refractivity contribution is -0.400. The van der Waals surface area contributed by atoms with E-state index in [2.05, 4.69) is 19.9 Å². The van der Waals surface area contributed by atoms with Gasteiger partial charge in [-0.2, -0.15) is 0 Å². The summed E-state index contributed by atoms with van der Waals surface area (Å²) in [4.78, 5) is 27.2. The quantitative estimate of drug-likeness (QED) is 0.101. The number of ether oxygens (including phenoxy) is 6. The summed E-state index contributed by atoms with van der Waals surface area (Å²) in [5.74, 6) is 0.259. The van der Waals surface area contributed by atoms with E-state index in [9.17, 15) is 60.7 Å². The highest BCUT2D eigenvalue weighted by Gasteiger charge is 2.63. The van der Waals surface area contributed by atoms with E-state index in [0.717, 1.165) is 25.7 Å². The maximum absolute atomic E-state index is 13.8. The van der Waals surface area contributed by atoms with Crippen LogP contribution in [-0.4, -0.2) is 174 Å². The van der Waals surface area contributed by atoms with Gasteiger partial charge in [0, 0.05) is 31.3 Å². The Morgan fingerprint density at radius 1 is 0.774 bits per heavy atom. The van der Waals surface area contributed by atoms with Crippen LogP contribution in [0.2, 0.25) is 0 Å². The highest BCUT2D eigenvalue weighted by Crippen LogP contribution is 2.66. The molecule has 3 aliphatic heterocycles. The normalized spacial score (nSPS) is 50.5. The molecule has 4 aliphatic carbocycles. The van der Waals surface area contributed by atoms with Crippen molar-refractivity contribution in [2.45, 2.75) is 191 Å². The van der Waals surface area contributed by atoms with Gasteiger partial charge >= 0.3 is 0 Å².